The summed E-state index contributed by atoms with van der Waals surface area (Å²) >= 11 is 0. The van der Waals surface area contributed by atoms with Crippen molar-refractivity contribution in [2.75, 3.05) is 13.1 Å². The van der Waals surface area contributed by atoms with Gasteiger partial charge >= 0.3 is 6.18 Å². The summed E-state index contributed by atoms with van der Waals surface area (Å²) in [4.78, 5) is 14.1. The molecule has 116 valence electrons. The van der Waals surface area contributed by atoms with Crippen LogP contribution in [0.3, 0.4) is 0 Å². The number of carbonyl (C=O) groups excluding carboxylic acids is 1. The molecular formula is C16H20F3NO. The van der Waals surface area contributed by atoms with E-state index in [2.05, 4.69) is 13.8 Å². The fourth-order valence-corrected chi connectivity index (χ4v) is 2.96. The minimum atomic E-state index is -4.33. The lowest BCUT2D eigenvalue weighted by Gasteiger charge is -2.35. The number of nitrogens with zero attached hydrogens (tertiary/aromatic N) is 1. The van der Waals surface area contributed by atoms with Crippen molar-refractivity contribution in [1.29, 1.82) is 0 Å². The van der Waals surface area contributed by atoms with Crippen LogP contribution >= 0.6 is 0 Å². The fraction of sp³-hybridized carbons (Fsp3) is 0.562. The van der Waals surface area contributed by atoms with Crippen molar-refractivity contribution in [3.8, 4) is 0 Å². The Hall–Kier alpha value is -1.52. The topological polar surface area (TPSA) is 20.3 Å². The average molecular weight is 299 g/mol. The molecule has 0 radical (unpaired) electrons. The van der Waals surface area contributed by atoms with Crippen molar-refractivity contribution in [1.82, 2.24) is 4.90 Å². The van der Waals surface area contributed by atoms with E-state index in [-0.39, 0.29) is 12.3 Å². The molecule has 2 unspecified atom stereocenters. The molecule has 1 fully saturated rings. The number of halogens is 3. The summed E-state index contributed by atoms with van der Waals surface area (Å²) in [5.74, 6) is 0.948. The van der Waals surface area contributed by atoms with Crippen LogP contribution in [0.15, 0.2) is 24.3 Å². The second kappa shape index (κ2) is 6.08. The van der Waals surface area contributed by atoms with Crippen LogP contribution in [0.5, 0.6) is 0 Å². The predicted octanol–water partition coefficient (Wildman–Crippen LogP) is 3.75. The zero-order valence-electron chi connectivity index (χ0n) is 12.3. The second-order valence-corrected chi connectivity index (χ2v) is 6.12. The maximum atomic E-state index is 12.5. The second-order valence-electron chi connectivity index (χ2n) is 6.12. The van der Waals surface area contributed by atoms with Gasteiger partial charge in [-0.05, 0) is 36.0 Å². The first-order valence-electron chi connectivity index (χ1n) is 7.19. The minimum Gasteiger partial charge on any atom is -0.342 e. The third-order valence-electron chi connectivity index (χ3n) is 3.86. The van der Waals surface area contributed by atoms with Crippen molar-refractivity contribution in [2.24, 2.45) is 11.8 Å². The standard InChI is InChI=1S/C16H20F3NO/c1-11-7-12(2)10-20(9-11)15(21)8-13-3-5-14(6-4-13)16(17,18)19/h3-6,11-12H,7-10H2,1-2H3. The van der Waals surface area contributed by atoms with Crippen LogP contribution < -0.4 is 0 Å². The Morgan fingerprint density at radius 1 is 1.14 bits per heavy atom. The molecule has 1 saturated heterocycles. The van der Waals surface area contributed by atoms with Gasteiger partial charge in [0.25, 0.3) is 0 Å². The summed E-state index contributed by atoms with van der Waals surface area (Å²) in [6.45, 7) is 5.72. The Morgan fingerprint density at radius 3 is 2.14 bits per heavy atom. The largest absolute Gasteiger partial charge is 0.416 e. The van der Waals surface area contributed by atoms with Crippen molar-refractivity contribution < 1.29 is 18.0 Å². The molecule has 0 aromatic heterocycles. The molecule has 21 heavy (non-hydrogen) atoms. The highest BCUT2D eigenvalue weighted by Gasteiger charge is 2.30. The highest BCUT2D eigenvalue weighted by Crippen LogP contribution is 2.29. The molecule has 0 saturated carbocycles. The van der Waals surface area contributed by atoms with Gasteiger partial charge in [-0.1, -0.05) is 26.0 Å². The van der Waals surface area contributed by atoms with Gasteiger partial charge in [0.05, 0.1) is 12.0 Å². The SMILES string of the molecule is CC1CC(C)CN(C(=O)Cc2ccc(C(F)(F)F)cc2)C1. The van der Waals surface area contributed by atoms with E-state index in [9.17, 15) is 18.0 Å². The Balaban J connectivity index is 1.99. The number of piperidine rings is 1. The zero-order valence-corrected chi connectivity index (χ0v) is 12.3. The third-order valence-corrected chi connectivity index (χ3v) is 3.86. The van der Waals surface area contributed by atoms with Gasteiger partial charge in [0, 0.05) is 13.1 Å². The summed E-state index contributed by atoms with van der Waals surface area (Å²) in [6, 6.07) is 4.84. The molecule has 1 aromatic rings. The lowest BCUT2D eigenvalue weighted by atomic mass is 9.91. The predicted molar refractivity (Wildman–Crippen MR) is 74.7 cm³/mol. The van der Waals surface area contributed by atoms with Crippen LogP contribution in [-0.4, -0.2) is 23.9 Å². The molecule has 5 heteroatoms. The molecule has 0 N–H and O–H groups in total. The number of amides is 1. The normalized spacial score (nSPS) is 23.2. The molecule has 1 aromatic carbocycles. The van der Waals surface area contributed by atoms with Gasteiger partial charge in [0.15, 0.2) is 0 Å². The highest BCUT2D eigenvalue weighted by molar-refractivity contribution is 5.78. The van der Waals surface area contributed by atoms with E-state index < -0.39 is 11.7 Å². The van der Waals surface area contributed by atoms with Crippen molar-refractivity contribution >= 4 is 5.91 Å². The smallest absolute Gasteiger partial charge is 0.342 e. The van der Waals surface area contributed by atoms with Crippen LogP contribution in [0.1, 0.15) is 31.4 Å². The van der Waals surface area contributed by atoms with Crippen molar-refractivity contribution in [3.63, 3.8) is 0 Å². The van der Waals surface area contributed by atoms with E-state index in [1.807, 2.05) is 4.90 Å². The number of benzene rings is 1. The summed E-state index contributed by atoms with van der Waals surface area (Å²) in [5.41, 5.74) is -0.0576. The molecule has 1 amide bonds. The first-order chi connectivity index (χ1) is 9.75. The molecular weight excluding hydrogens is 279 g/mol. The molecule has 2 rings (SSSR count). The van der Waals surface area contributed by atoms with E-state index in [1.165, 1.54) is 12.1 Å². The number of hydrogen-bond donors (Lipinski definition) is 0. The van der Waals surface area contributed by atoms with Crippen LogP contribution in [0, 0.1) is 11.8 Å². The number of alkyl halides is 3. The van der Waals surface area contributed by atoms with Gasteiger partial charge in [0.2, 0.25) is 5.91 Å². The van der Waals surface area contributed by atoms with E-state index in [0.717, 1.165) is 31.6 Å². The van der Waals surface area contributed by atoms with Crippen LogP contribution in [0.2, 0.25) is 0 Å². The maximum absolute atomic E-state index is 12.5. The zero-order chi connectivity index (χ0) is 15.6. The third kappa shape index (κ3) is 4.22. The molecule has 0 aliphatic carbocycles. The lowest BCUT2D eigenvalue weighted by molar-refractivity contribution is -0.137. The Bertz CT molecular complexity index is 485. The maximum Gasteiger partial charge on any atom is 0.416 e. The molecule has 2 nitrogen and oxygen atoms in total. The number of hydrogen-bond acceptors (Lipinski definition) is 1. The number of rotatable bonds is 2. The highest BCUT2D eigenvalue weighted by atomic mass is 19.4. The van der Waals surface area contributed by atoms with E-state index in [4.69, 9.17) is 0 Å². The lowest BCUT2D eigenvalue weighted by Crippen LogP contribution is -2.43. The Labute approximate surface area is 122 Å². The van der Waals surface area contributed by atoms with Crippen molar-refractivity contribution in [3.05, 3.63) is 35.4 Å². The Morgan fingerprint density at radius 2 is 1.67 bits per heavy atom. The molecule has 1 aliphatic rings. The fourth-order valence-electron chi connectivity index (χ4n) is 2.96. The van der Waals surface area contributed by atoms with Crippen LogP contribution in [-0.2, 0) is 17.4 Å². The first-order valence-corrected chi connectivity index (χ1v) is 7.19. The van der Waals surface area contributed by atoms with Gasteiger partial charge in [-0.2, -0.15) is 13.2 Å². The molecule has 1 aliphatic heterocycles. The van der Waals surface area contributed by atoms with Gasteiger partial charge < -0.3 is 4.90 Å². The van der Waals surface area contributed by atoms with E-state index in [0.29, 0.717) is 17.4 Å². The average Bonchev–Trinajstić information content (AvgIpc) is 2.37. The first kappa shape index (κ1) is 15.9. The molecule has 2 atom stereocenters. The number of carbonyl (C=O) groups is 1. The number of likely N-dealkylation sites (tertiary alicyclic amines) is 1. The molecule has 0 bridgehead atoms. The minimum absolute atomic E-state index is 0.00633. The van der Waals surface area contributed by atoms with Gasteiger partial charge in [-0.25, -0.2) is 0 Å². The summed E-state index contributed by atoms with van der Waals surface area (Å²) < 4.78 is 37.5. The summed E-state index contributed by atoms with van der Waals surface area (Å²) in [5, 5.41) is 0. The quantitative estimate of drug-likeness (QED) is 0.814. The van der Waals surface area contributed by atoms with E-state index >= 15 is 0 Å². The summed E-state index contributed by atoms with van der Waals surface area (Å²) in [7, 11) is 0. The monoisotopic (exact) mass is 299 g/mol. The van der Waals surface area contributed by atoms with Gasteiger partial charge in [-0.15, -0.1) is 0 Å². The molecule has 0 spiro atoms. The van der Waals surface area contributed by atoms with Crippen molar-refractivity contribution in [2.45, 2.75) is 32.9 Å². The van der Waals surface area contributed by atoms with Gasteiger partial charge in [0.1, 0.15) is 0 Å². The van der Waals surface area contributed by atoms with Crippen LogP contribution in [0.25, 0.3) is 0 Å². The Kier molecular flexibility index (Phi) is 4.59. The van der Waals surface area contributed by atoms with Crippen LogP contribution in [0.4, 0.5) is 13.2 Å². The summed E-state index contributed by atoms with van der Waals surface area (Å²) in [6.07, 6.45) is -3.05. The molecule has 1 heterocycles. The van der Waals surface area contributed by atoms with Gasteiger partial charge in [-0.3, -0.25) is 4.79 Å². The van der Waals surface area contributed by atoms with E-state index in [1.54, 1.807) is 0 Å².